The molecule has 128 valence electrons. The maximum Gasteiger partial charge on any atom is 0.173 e. The van der Waals surface area contributed by atoms with Crippen molar-refractivity contribution in [2.24, 2.45) is 0 Å². The molecule has 6 nitrogen and oxygen atoms in total. The number of halogens is 1. The van der Waals surface area contributed by atoms with E-state index in [0.29, 0.717) is 56.8 Å². The average Bonchev–Trinajstić information content (AvgIpc) is 3.06. The molecule has 1 fully saturated rings. The Hall–Kier alpha value is -1.93. The molecule has 0 radical (unpaired) electrons. The zero-order chi connectivity index (χ0) is 17.0. The molecule has 0 aliphatic carbocycles. The lowest BCUT2D eigenvalue weighted by Crippen LogP contribution is -2.47. The van der Waals surface area contributed by atoms with Gasteiger partial charge in [-0.2, -0.15) is 8.75 Å². The van der Waals surface area contributed by atoms with Crippen LogP contribution < -0.4 is 10.2 Å². The zero-order valence-electron chi connectivity index (χ0n) is 13.5. The highest BCUT2D eigenvalue weighted by molar-refractivity contribution is 6.99. The molecule has 24 heavy (non-hydrogen) atoms. The molecule has 8 heteroatoms. The molecule has 0 saturated carbocycles. The van der Waals surface area contributed by atoms with E-state index in [2.05, 4.69) is 19.0 Å². The summed E-state index contributed by atoms with van der Waals surface area (Å²) in [6.07, 6.45) is 3.31. The predicted molar refractivity (Wildman–Crippen MR) is 91.3 cm³/mol. The first-order chi connectivity index (χ1) is 11.6. The lowest BCUT2D eigenvalue weighted by molar-refractivity contribution is 0.111. The van der Waals surface area contributed by atoms with E-state index in [1.54, 1.807) is 0 Å². The molecule has 1 saturated heterocycles. The summed E-state index contributed by atoms with van der Waals surface area (Å²) in [4.78, 5) is 17.2. The topological polar surface area (TPSA) is 71.0 Å². The van der Waals surface area contributed by atoms with E-state index in [4.69, 9.17) is 0 Å². The van der Waals surface area contributed by atoms with Crippen LogP contribution in [0.15, 0.2) is 18.3 Å². The summed E-state index contributed by atoms with van der Waals surface area (Å²) in [5.41, 5.74) is 1.12. The Balaban J connectivity index is 1.49. The minimum absolute atomic E-state index is 0.298. The summed E-state index contributed by atoms with van der Waals surface area (Å²) in [5.74, 6) is 0.578. The van der Waals surface area contributed by atoms with Crippen LogP contribution in [0.2, 0.25) is 0 Å². The molecule has 3 rings (SSSR count). The number of alkyl halides is 1. The Morgan fingerprint density at radius 2 is 2.17 bits per heavy atom. The first kappa shape index (κ1) is 16.9. The van der Waals surface area contributed by atoms with Crippen LogP contribution in [0.3, 0.4) is 0 Å². The summed E-state index contributed by atoms with van der Waals surface area (Å²) < 4.78 is 23.0. The Bertz CT molecular complexity index is 682. The molecular formula is C16H20FN5OS. The second-order valence-corrected chi connectivity index (χ2v) is 6.69. The number of piperidine rings is 1. The standard InChI is InChI=1S/C16H20FN5OS/c1-12-2-3-13(19-8-12)9-18-11-16(17)4-6-22(7-5-16)15-14(10-23)20-24-21-15/h2-3,8,10,18H,4-7,9,11H2,1H3. The van der Waals surface area contributed by atoms with Gasteiger partial charge in [0, 0.05) is 45.2 Å². The molecule has 1 N–H and O–H groups in total. The summed E-state index contributed by atoms with van der Waals surface area (Å²) in [5, 5.41) is 3.17. The number of anilines is 1. The number of carbonyl (C=O) groups excluding carboxylic acids is 1. The molecule has 1 aliphatic heterocycles. The van der Waals surface area contributed by atoms with Crippen LogP contribution in [0.25, 0.3) is 0 Å². The highest BCUT2D eigenvalue weighted by Gasteiger charge is 2.35. The summed E-state index contributed by atoms with van der Waals surface area (Å²) >= 11 is 1.01. The average molecular weight is 349 g/mol. The number of hydrogen-bond donors (Lipinski definition) is 1. The molecule has 0 spiro atoms. The van der Waals surface area contributed by atoms with Gasteiger partial charge in [-0.25, -0.2) is 4.39 Å². The lowest BCUT2D eigenvalue weighted by atomic mass is 9.93. The predicted octanol–water partition coefficient (Wildman–Crippen LogP) is 2.15. The monoisotopic (exact) mass is 349 g/mol. The van der Waals surface area contributed by atoms with E-state index in [0.717, 1.165) is 23.0 Å². The van der Waals surface area contributed by atoms with E-state index < -0.39 is 5.67 Å². The molecular weight excluding hydrogens is 329 g/mol. The summed E-state index contributed by atoms with van der Waals surface area (Å²) in [6.45, 7) is 3.91. The fourth-order valence-electron chi connectivity index (χ4n) is 2.80. The molecule has 2 aromatic heterocycles. The first-order valence-corrected chi connectivity index (χ1v) is 8.66. The maximum absolute atomic E-state index is 14.9. The van der Waals surface area contributed by atoms with Crippen molar-refractivity contribution in [1.82, 2.24) is 19.0 Å². The Labute approximate surface area is 144 Å². The van der Waals surface area contributed by atoms with Gasteiger partial charge in [-0.1, -0.05) is 6.07 Å². The third-order valence-electron chi connectivity index (χ3n) is 4.29. The second kappa shape index (κ2) is 7.31. The highest BCUT2D eigenvalue weighted by Crippen LogP contribution is 2.29. The van der Waals surface area contributed by atoms with Crippen LogP contribution in [-0.2, 0) is 6.54 Å². The van der Waals surface area contributed by atoms with E-state index in [1.807, 2.05) is 30.2 Å². The number of hydrogen-bond acceptors (Lipinski definition) is 7. The number of rotatable bonds is 6. The van der Waals surface area contributed by atoms with Gasteiger partial charge < -0.3 is 10.2 Å². The zero-order valence-corrected chi connectivity index (χ0v) is 14.4. The first-order valence-electron chi connectivity index (χ1n) is 7.93. The van der Waals surface area contributed by atoms with Crippen molar-refractivity contribution in [1.29, 1.82) is 0 Å². The van der Waals surface area contributed by atoms with Gasteiger partial charge in [-0.15, -0.1) is 0 Å². The minimum Gasteiger partial charge on any atom is -0.354 e. The minimum atomic E-state index is -1.24. The van der Waals surface area contributed by atoms with E-state index >= 15 is 0 Å². The van der Waals surface area contributed by atoms with Crippen LogP contribution in [0.4, 0.5) is 10.2 Å². The van der Waals surface area contributed by atoms with Crippen molar-refractivity contribution >= 4 is 23.8 Å². The number of carbonyl (C=O) groups is 1. The Morgan fingerprint density at radius 3 is 2.83 bits per heavy atom. The van der Waals surface area contributed by atoms with Gasteiger partial charge in [-0.3, -0.25) is 9.78 Å². The molecule has 3 heterocycles. The van der Waals surface area contributed by atoms with Gasteiger partial charge in [0.15, 0.2) is 17.8 Å². The van der Waals surface area contributed by atoms with Crippen molar-refractivity contribution < 1.29 is 9.18 Å². The van der Waals surface area contributed by atoms with Crippen LogP contribution in [0.1, 0.15) is 34.6 Å². The molecule has 2 aromatic rings. The summed E-state index contributed by atoms with van der Waals surface area (Å²) in [6, 6.07) is 3.95. The fourth-order valence-corrected chi connectivity index (χ4v) is 3.34. The van der Waals surface area contributed by atoms with Gasteiger partial charge in [0.1, 0.15) is 5.67 Å². The molecule has 1 aliphatic rings. The van der Waals surface area contributed by atoms with Crippen molar-refractivity contribution in [3.8, 4) is 0 Å². The maximum atomic E-state index is 14.9. The van der Waals surface area contributed by atoms with Gasteiger partial charge in [-0.05, 0) is 18.6 Å². The second-order valence-electron chi connectivity index (χ2n) is 6.16. The van der Waals surface area contributed by atoms with E-state index in [1.165, 1.54) is 0 Å². The van der Waals surface area contributed by atoms with Crippen molar-refractivity contribution in [3.63, 3.8) is 0 Å². The Kier molecular flexibility index (Phi) is 5.15. The molecule has 0 amide bonds. The molecule has 0 bridgehead atoms. The fraction of sp³-hybridized carbons (Fsp3) is 0.500. The SMILES string of the molecule is Cc1ccc(CNCC2(F)CCN(c3nsnc3C=O)CC2)nc1. The number of aromatic nitrogens is 3. The van der Waals surface area contributed by atoms with Gasteiger partial charge in [0.25, 0.3) is 0 Å². The van der Waals surface area contributed by atoms with E-state index in [9.17, 15) is 9.18 Å². The number of aryl methyl sites for hydroxylation is 1. The largest absolute Gasteiger partial charge is 0.354 e. The van der Waals surface area contributed by atoms with Crippen LogP contribution in [0.5, 0.6) is 0 Å². The quantitative estimate of drug-likeness (QED) is 0.806. The highest BCUT2D eigenvalue weighted by atomic mass is 32.1. The van der Waals surface area contributed by atoms with Crippen molar-refractivity contribution in [3.05, 3.63) is 35.3 Å². The molecule has 0 atom stereocenters. The summed E-state index contributed by atoms with van der Waals surface area (Å²) in [7, 11) is 0. The van der Waals surface area contributed by atoms with Crippen molar-refractivity contribution in [2.45, 2.75) is 32.0 Å². The Morgan fingerprint density at radius 1 is 1.38 bits per heavy atom. The van der Waals surface area contributed by atoms with E-state index in [-0.39, 0.29) is 0 Å². The van der Waals surface area contributed by atoms with Crippen LogP contribution in [-0.4, -0.2) is 45.3 Å². The third kappa shape index (κ3) is 3.93. The molecule has 0 unspecified atom stereocenters. The van der Waals surface area contributed by atoms with Gasteiger partial charge >= 0.3 is 0 Å². The van der Waals surface area contributed by atoms with Gasteiger partial charge in [0.05, 0.1) is 17.4 Å². The molecule has 0 aromatic carbocycles. The number of aldehydes is 1. The smallest absolute Gasteiger partial charge is 0.173 e. The van der Waals surface area contributed by atoms with Crippen LogP contribution in [0, 0.1) is 6.92 Å². The normalized spacial score (nSPS) is 17.0. The van der Waals surface area contributed by atoms with Crippen LogP contribution >= 0.6 is 11.7 Å². The number of pyridine rings is 1. The lowest BCUT2D eigenvalue weighted by Gasteiger charge is -2.36. The third-order valence-corrected chi connectivity index (χ3v) is 4.82. The number of nitrogens with zero attached hydrogens (tertiary/aromatic N) is 4. The number of nitrogens with one attached hydrogen (secondary N) is 1. The van der Waals surface area contributed by atoms with Crippen molar-refractivity contribution in [2.75, 3.05) is 24.5 Å². The van der Waals surface area contributed by atoms with Gasteiger partial charge in [0.2, 0.25) is 0 Å².